The molecule has 1 amide bonds. The molecule has 4 rings (SSSR count). The highest BCUT2D eigenvalue weighted by atomic mass is 35.5. The first-order valence-electron chi connectivity index (χ1n) is 10.3. The molecule has 32 heavy (non-hydrogen) atoms. The van der Waals surface area contributed by atoms with E-state index in [1.807, 2.05) is 13.8 Å². The van der Waals surface area contributed by atoms with E-state index in [2.05, 4.69) is 0 Å². The van der Waals surface area contributed by atoms with Crippen LogP contribution in [0.5, 0.6) is 5.75 Å². The van der Waals surface area contributed by atoms with Crippen LogP contribution in [0.25, 0.3) is 5.76 Å². The van der Waals surface area contributed by atoms with Gasteiger partial charge in [-0.15, -0.1) is 0 Å². The minimum Gasteiger partial charge on any atom is -0.507 e. The zero-order valence-corrected chi connectivity index (χ0v) is 18.4. The average molecular weight is 452 g/mol. The third-order valence-electron chi connectivity index (χ3n) is 5.27. The van der Waals surface area contributed by atoms with Gasteiger partial charge in [-0.1, -0.05) is 36.7 Å². The number of hydrogen-bond acceptors (Lipinski definition) is 5. The molecule has 1 N–H and O–H groups in total. The quantitative estimate of drug-likeness (QED) is 0.297. The van der Waals surface area contributed by atoms with Crippen molar-refractivity contribution in [2.45, 2.75) is 26.3 Å². The van der Waals surface area contributed by atoms with E-state index < -0.39 is 17.7 Å². The molecule has 1 atom stereocenters. The third kappa shape index (κ3) is 3.89. The van der Waals surface area contributed by atoms with Gasteiger partial charge in [0.05, 0.1) is 18.4 Å². The molecular formula is C25H22ClNO5. The Morgan fingerprint density at radius 3 is 2.66 bits per heavy atom. The summed E-state index contributed by atoms with van der Waals surface area (Å²) in [4.78, 5) is 27.5. The van der Waals surface area contributed by atoms with Crippen LogP contribution in [0.3, 0.4) is 0 Å². The summed E-state index contributed by atoms with van der Waals surface area (Å²) < 4.78 is 11.2. The van der Waals surface area contributed by atoms with Crippen LogP contribution < -0.4 is 9.64 Å². The lowest BCUT2D eigenvalue weighted by atomic mass is 9.99. The number of Topliss-reactive ketones (excluding diaryl/α,β-unsaturated/α-hetero) is 1. The van der Waals surface area contributed by atoms with Crippen LogP contribution in [0.2, 0.25) is 5.02 Å². The van der Waals surface area contributed by atoms with Gasteiger partial charge in [0.2, 0.25) is 0 Å². The van der Waals surface area contributed by atoms with Crippen LogP contribution >= 0.6 is 11.6 Å². The summed E-state index contributed by atoms with van der Waals surface area (Å²) in [6.07, 6.45) is 2.29. The molecular weight excluding hydrogens is 430 g/mol. The molecule has 7 heteroatoms. The van der Waals surface area contributed by atoms with E-state index in [1.165, 1.54) is 11.2 Å². The lowest BCUT2D eigenvalue weighted by Gasteiger charge is -2.23. The summed E-state index contributed by atoms with van der Waals surface area (Å²) in [7, 11) is 0. The summed E-state index contributed by atoms with van der Waals surface area (Å²) in [6.45, 7) is 4.36. The number of anilines is 1. The molecule has 0 radical (unpaired) electrons. The highest BCUT2D eigenvalue weighted by molar-refractivity contribution is 6.51. The maximum absolute atomic E-state index is 13.1. The highest BCUT2D eigenvalue weighted by Gasteiger charge is 2.48. The van der Waals surface area contributed by atoms with Gasteiger partial charge >= 0.3 is 0 Å². The Morgan fingerprint density at radius 2 is 1.97 bits per heavy atom. The molecule has 3 aromatic rings. The van der Waals surface area contributed by atoms with E-state index in [0.717, 1.165) is 12.0 Å². The predicted molar refractivity (Wildman–Crippen MR) is 122 cm³/mol. The van der Waals surface area contributed by atoms with E-state index in [1.54, 1.807) is 54.6 Å². The zero-order valence-electron chi connectivity index (χ0n) is 17.7. The van der Waals surface area contributed by atoms with E-state index in [0.29, 0.717) is 34.4 Å². The van der Waals surface area contributed by atoms with Gasteiger partial charge in [-0.05, 0) is 55.3 Å². The van der Waals surface area contributed by atoms with Crippen LogP contribution in [0.4, 0.5) is 5.69 Å². The van der Waals surface area contributed by atoms with Gasteiger partial charge < -0.3 is 14.3 Å². The number of nitrogens with zero attached hydrogens (tertiary/aromatic N) is 1. The van der Waals surface area contributed by atoms with Crippen LogP contribution in [-0.2, 0) is 9.59 Å². The fourth-order valence-electron chi connectivity index (χ4n) is 3.66. The van der Waals surface area contributed by atoms with Crippen LogP contribution in [0.1, 0.15) is 36.3 Å². The molecule has 1 saturated heterocycles. The number of carbonyl (C=O) groups excluding carboxylic acids is 2. The van der Waals surface area contributed by atoms with Gasteiger partial charge in [0.25, 0.3) is 11.7 Å². The predicted octanol–water partition coefficient (Wildman–Crippen LogP) is 5.66. The number of ketones is 1. The van der Waals surface area contributed by atoms with Gasteiger partial charge in [-0.2, -0.15) is 0 Å². The smallest absolute Gasteiger partial charge is 0.300 e. The molecule has 1 aliphatic heterocycles. The largest absolute Gasteiger partial charge is 0.507 e. The molecule has 0 bridgehead atoms. The molecule has 0 spiro atoms. The Balaban J connectivity index is 1.86. The number of rotatable bonds is 6. The van der Waals surface area contributed by atoms with Crippen LogP contribution in [0, 0.1) is 6.92 Å². The van der Waals surface area contributed by atoms with Crippen molar-refractivity contribution in [2.75, 3.05) is 11.5 Å². The summed E-state index contributed by atoms with van der Waals surface area (Å²) >= 11 is 6.28. The maximum Gasteiger partial charge on any atom is 0.300 e. The van der Waals surface area contributed by atoms with Crippen molar-refractivity contribution in [2.24, 2.45) is 0 Å². The fourth-order valence-corrected chi connectivity index (χ4v) is 3.83. The fraction of sp³-hybridized carbons (Fsp3) is 0.200. The lowest BCUT2D eigenvalue weighted by Crippen LogP contribution is -2.29. The van der Waals surface area contributed by atoms with E-state index >= 15 is 0 Å². The number of benzene rings is 2. The van der Waals surface area contributed by atoms with Crippen molar-refractivity contribution in [3.8, 4) is 5.75 Å². The minimum atomic E-state index is -0.941. The Labute approximate surface area is 190 Å². The molecule has 2 heterocycles. The first-order chi connectivity index (χ1) is 15.4. The first-order valence-corrected chi connectivity index (χ1v) is 10.6. The number of carbonyl (C=O) groups is 2. The average Bonchev–Trinajstić information content (AvgIpc) is 3.41. The van der Waals surface area contributed by atoms with E-state index in [-0.39, 0.29) is 11.3 Å². The summed E-state index contributed by atoms with van der Waals surface area (Å²) in [6, 6.07) is 14.3. The number of aliphatic hydroxyl groups excluding tert-OH is 1. The molecule has 0 aliphatic carbocycles. The summed E-state index contributed by atoms with van der Waals surface area (Å²) in [5.41, 5.74) is 1.58. The molecule has 0 saturated carbocycles. The van der Waals surface area contributed by atoms with Crippen molar-refractivity contribution in [1.29, 1.82) is 0 Å². The number of furan rings is 1. The number of halogens is 1. The molecule has 1 aliphatic rings. The lowest BCUT2D eigenvalue weighted by molar-refractivity contribution is -0.132. The van der Waals surface area contributed by atoms with Gasteiger partial charge in [-0.3, -0.25) is 14.5 Å². The Kier molecular flexibility index (Phi) is 6.06. The SMILES string of the molecule is CCCOc1cccc(/C(O)=C2/C(=O)C(=O)N(c3ccc(C)c(Cl)c3)C2c2ccco2)c1. The summed E-state index contributed by atoms with van der Waals surface area (Å²) in [5, 5.41) is 11.6. The van der Waals surface area contributed by atoms with E-state index in [4.69, 9.17) is 20.8 Å². The second kappa shape index (κ2) is 8.93. The molecule has 6 nitrogen and oxygen atoms in total. The first kappa shape index (κ1) is 21.7. The van der Waals surface area contributed by atoms with Crippen molar-refractivity contribution in [3.63, 3.8) is 0 Å². The molecule has 1 aromatic heterocycles. The minimum absolute atomic E-state index is 0.0608. The van der Waals surface area contributed by atoms with Crippen molar-refractivity contribution >= 4 is 34.7 Å². The zero-order chi connectivity index (χ0) is 22.8. The standard InChI is InChI=1S/C25H22ClNO5/c1-3-11-31-18-7-4-6-16(13-18)23(28)21-22(20-8-5-12-32-20)27(25(30)24(21)29)17-10-9-15(2)19(26)14-17/h4-10,12-14,22,28H,3,11H2,1-2H3/b23-21-. The molecule has 1 unspecified atom stereocenters. The second-order valence-corrected chi connectivity index (χ2v) is 7.90. The Morgan fingerprint density at radius 1 is 1.16 bits per heavy atom. The molecule has 164 valence electrons. The number of ether oxygens (including phenoxy) is 1. The Bertz CT molecular complexity index is 1200. The van der Waals surface area contributed by atoms with Gasteiger partial charge in [0, 0.05) is 16.3 Å². The summed E-state index contributed by atoms with van der Waals surface area (Å²) in [5.74, 6) is -0.968. The maximum atomic E-state index is 13.1. The van der Waals surface area contributed by atoms with Crippen molar-refractivity contribution < 1.29 is 23.8 Å². The number of amides is 1. The highest BCUT2D eigenvalue weighted by Crippen LogP contribution is 2.43. The third-order valence-corrected chi connectivity index (χ3v) is 5.68. The van der Waals surface area contributed by atoms with E-state index in [9.17, 15) is 14.7 Å². The normalized spacial score (nSPS) is 17.7. The second-order valence-electron chi connectivity index (χ2n) is 7.49. The van der Waals surface area contributed by atoms with Gasteiger partial charge in [0.15, 0.2) is 0 Å². The molecule has 1 fully saturated rings. The number of aliphatic hydroxyl groups is 1. The number of hydrogen-bond donors (Lipinski definition) is 1. The Hall–Kier alpha value is -3.51. The van der Waals surface area contributed by atoms with Crippen molar-refractivity contribution in [1.82, 2.24) is 0 Å². The monoisotopic (exact) mass is 451 g/mol. The van der Waals surface area contributed by atoms with Gasteiger partial charge in [-0.25, -0.2) is 0 Å². The van der Waals surface area contributed by atoms with Crippen molar-refractivity contribution in [3.05, 3.63) is 88.3 Å². The van der Waals surface area contributed by atoms with Crippen LogP contribution in [0.15, 0.2) is 70.9 Å². The number of aryl methyl sites for hydroxylation is 1. The molecule has 2 aromatic carbocycles. The topological polar surface area (TPSA) is 80.0 Å². The van der Waals surface area contributed by atoms with Crippen LogP contribution in [-0.4, -0.2) is 23.4 Å². The van der Waals surface area contributed by atoms with Gasteiger partial charge in [0.1, 0.15) is 23.3 Å².